The fourth-order valence-electron chi connectivity index (χ4n) is 3.38. The van der Waals surface area contributed by atoms with Gasteiger partial charge in [0.1, 0.15) is 0 Å². The number of thiophene rings is 1. The normalized spacial score (nSPS) is 22.1. The van der Waals surface area contributed by atoms with Gasteiger partial charge in [0.25, 0.3) is 0 Å². The number of hydrogen-bond acceptors (Lipinski definition) is 5. The maximum absolute atomic E-state index is 12.6. The minimum absolute atomic E-state index is 0.267. The van der Waals surface area contributed by atoms with Gasteiger partial charge in [-0.1, -0.05) is 18.9 Å². The molecule has 2 N–H and O–H groups in total. The molecule has 7 heteroatoms. The second-order valence-corrected chi connectivity index (χ2v) is 7.33. The average molecular weight is 363 g/mol. The molecule has 2 amide bonds. The van der Waals surface area contributed by atoms with Crippen LogP contribution < -0.4 is 10.6 Å². The van der Waals surface area contributed by atoms with Crippen LogP contribution in [0.4, 0.5) is 4.79 Å². The van der Waals surface area contributed by atoms with Gasteiger partial charge in [0.2, 0.25) is 0 Å². The first-order chi connectivity index (χ1) is 12.2. The van der Waals surface area contributed by atoms with Crippen LogP contribution in [0.5, 0.6) is 0 Å². The molecular weight excluding hydrogens is 338 g/mol. The summed E-state index contributed by atoms with van der Waals surface area (Å²) in [5, 5.41) is 7.67. The molecule has 1 saturated heterocycles. The molecule has 0 aromatic carbocycles. The predicted octanol–water partition coefficient (Wildman–Crippen LogP) is 2.80. The summed E-state index contributed by atoms with van der Waals surface area (Å²) >= 11 is 1.52. The van der Waals surface area contributed by atoms with E-state index >= 15 is 0 Å². The summed E-state index contributed by atoms with van der Waals surface area (Å²) in [6.07, 6.45) is 4.79. The molecule has 1 aromatic rings. The maximum atomic E-state index is 12.6. The van der Waals surface area contributed by atoms with Crippen LogP contribution in [0.2, 0.25) is 0 Å². The lowest BCUT2D eigenvalue weighted by atomic mass is 10.0. The molecule has 3 rings (SSSR count). The zero-order valence-electron chi connectivity index (χ0n) is 14.5. The molecule has 6 nitrogen and oxygen atoms in total. The minimum Gasteiger partial charge on any atom is -0.463 e. The van der Waals surface area contributed by atoms with E-state index in [2.05, 4.69) is 15.5 Å². The number of carbonyl (C=O) groups excluding carboxylic acids is 2. The Morgan fingerprint density at radius 1 is 1.32 bits per heavy atom. The summed E-state index contributed by atoms with van der Waals surface area (Å²) in [6.45, 7) is 4.66. The van der Waals surface area contributed by atoms with Crippen LogP contribution in [0.3, 0.4) is 0 Å². The molecule has 136 valence electrons. The molecule has 1 atom stereocenters. The lowest BCUT2D eigenvalue weighted by Gasteiger charge is -2.31. The third-order valence-electron chi connectivity index (χ3n) is 4.56. The highest BCUT2D eigenvalue weighted by molar-refractivity contribution is 7.10. The van der Waals surface area contributed by atoms with Crippen molar-refractivity contribution in [1.82, 2.24) is 15.5 Å². The Hall–Kier alpha value is -1.86. The van der Waals surface area contributed by atoms with Gasteiger partial charge in [-0.3, -0.25) is 4.90 Å². The molecule has 0 bridgehead atoms. The largest absolute Gasteiger partial charge is 0.463 e. The van der Waals surface area contributed by atoms with Crippen molar-refractivity contribution < 1.29 is 14.3 Å². The third kappa shape index (κ3) is 4.41. The SMILES string of the molecule is CCOC(=O)C1=C(CN2CCCCCC2)NC(=O)N[C@H]1c1cccs1. The first-order valence-electron chi connectivity index (χ1n) is 8.92. The van der Waals surface area contributed by atoms with Crippen molar-refractivity contribution >= 4 is 23.3 Å². The van der Waals surface area contributed by atoms with E-state index in [0.717, 1.165) is 30.8 Å². The Morgan fingerprint density at radius 2 is 2.08 bits per heavy atom. The van der Waals surface area contributed by atoms with Gasteiger partial charge in [-0.05, 0) is 44.3 Å². The van der Waals surface area contributed by atoms with E-state index < -0.39 is 6.04 Å². The molecule has 0 radical (unpaired) electrons. The molecule has 0 saturated carbocycles. The Morgan fingerprint density at radius 3 is 2.72 bits per heavy atom. The number of nitrogens with one attached hydrogen (secondary N) is 2. The fourth-order valence-corrected chi connectivity index (χ4v) is 4.16. The van der Waals surface area contributed by atoms with Gasteiger partial charge >= 0.3 is 12.0 Å². The van der Waals surface area contributed by atoms with E-state index in [1.54, 1.807) is 6.92 Å². The van der Waals surface area contributed by atoms with Gasteiger partial charge in [-0.25, -0.2) is 9.59 Å². The first-order valence-corrected chi connectivity index (χ1v) is 9.80. The van der Waals surface area contributed by atoms with Gasteiger partial charge in [0, 0.05) is 17.1 Å². The highest BCUT2D eigenvalue weighted by atomic mass is 32.1. The molecule has 2 aliphatic rings. The summed E-state index contributed by atoms with van der Waals surface area (Å²) < 4.78 is 5.29. The van der Waals surface area contributed by atoms with E-state index in [9.17, 15) is 9.59 Å². The van der Waals surface area contributed by atoms with Gasteiger partial charge in [0.15, 0.2) is 0 Å². The Labute approximate surface area is 152 Å². The molecule has 2 aliphatic heterocycles. The summed E-state index contributed by atoms with van der Waals surface area (Å²) in [5.74, 6) is -0.363. The maximum Gasteiger partial charge on any atom is 0.338 e. The van der Waals surface area contributed by atoms with Crippen molar-refractivity contribution in [3.63, 3.8) is 0 Å². The highest BCUT2D eigenvalue weighted by Gasteiger charge is 2.34. The number of nitrogens with zero attached hydrogens (tertiary/aromatic N) is 1. The van der Waals surface area contributed by atoms with Crippen molar-refractivity contribution in [2.45, 2.75) is 38.6 Å². The summed E-state index contributed by atoms with van der Waals surface area (Å²) in [5.41, 5.74) is 1.19. The molecule has 0 aliphatic carbocycles. The number of amides is 2. The van der Waals surface area contributed by atoms with E-state index in [4.69, 9.17) is 4.74 Å². The molecular formula is C18H25N3O3S. The molecule has 1 aromatic heterocycles. The van der Waals surface area contributed by atoms with E-state index in [1.807, 2.05) is 17.5 Å². The summed E-state index contributed by atoms with van der Waals surface area (Å²) in [6, 6.07) is 3.14. The number of likely N-dealkylation sites (tertiary alicyclic amines) is 1. The zero-order chi connectivity index (χ0) is 17.6. The second-order valence-electron chi connectivity index (χ2n) is 6.35. The van der Waals surface area contributed by atoms with Crippen LogP contribution in [0.25, 0.3) is 0 Å². The van der Waals surface area contributed by atoms with Crippen LogP contribution in [-0.4, -0.2) is 43.1 Å². The Balaban J connectivity index is 1.92. The number of carbonyl (C=O) groups is 2. The van der Waals surface area contributed by atoms with Crippen molar-refractivity contribution in [1.29, 1.82) is 0 Å². The van der Waals surface area contributed by atoms with E-state index in [-0.39, 0.29) is 12.0 Å². The van der Waals surface area contributed by atoms with Gasteiger partial charge < -0.3 is 15.4 Å². The fraction of sp³-hybridized carbons (Fsp3) is 0.556. The molecule has 25 heavy (non-hydrogen) atoms. The molecule has 3 heterocycles. The van der Waals surface area contributed by atoms with Gasteiger partial charge in [0.05, 0.1) is 18.2 Å². The molecule has 0 spiro atoms. The van der Waals surface area contributed by atoms with Crippen LogP contribution in [0.1, 0.15) is 43.5 Å². The van der Waals surface area contributed by atoms with Crippen LogP contribution in [0.15, 0.2) is 28.8 Å². The zero-order valence-corrected chi connectivity index (χ0v) is 15.4. The lowest BCUT2D eigenvalue weighted by molar-refractivity contribution is -0.139. The number of ether oxygens (including phenoxy) is 1. The number of urea groups is 1. The monoisotopic (exact) mass is 363 g/mol. The van der Waals surface area contributed by atoms with Gasteiger partial charge in [-0.15, -0.1) is 11.3 Å². The minimum atomic E-state index is -0.449. The topological polar surface area (TPSA) is 70.7 Å². The molecule has 0 unspecified atom stereocenters. The van der Waals surface area contributed by atoms with Crippen LogP contribution >= 0.6 is 11.3 Å². The Bertz CT molecular complexity index is 634. The highest BCUT2D eigenvalue weighted by Crippen LogP contribution is 2.31. The van der Waals surface area contributed by atoms with E-state index in [1.165, 1.54) is 24.2 Å². The third-order valence-corrected chi connectivity index (χ3v) is 5.49. The average Bonchev–Trinajstić information content (AvgIpc) is 3.00. The van der Waals surface area contributed by atoms with E-state index in [0.29, 0.717) is 24.4 Å². The van der Waals surface area contributed by atoms with Crippen molar-refractivity contribution in [2.75, 3.05) is 26.2 Å². The summed E-state index contributed by atoms with van der Waals surface area (Å²) in [7, 11) is 0. The van der Waals surface area contributed by atoms with Crippen LogP contribution in [0, 0.1) is 0 Å². The van der Waals surface area contributed by atoms with Crippen molar-refractivity contribution in [3.8, 4) is 0 Å². The predicted molar refractivity (Wildman–Crippen MR) is 97.3 cm³/mol. The Kier molecular flexibility index (Phi) is 6.09. The summed E-state index contributed by atoms with van der Waals surface area (Å²) in [4.78, 5) is 28.1. The first kappa shape index (κ1) is 17.9. The number of hydrogen-bond donors (Lipinski definition) is 2. The quantitative estimate of drug-likeness (QED) is 0.789. The van der Waals surface area contributed by atoms with Crippen molar-refractivity contribution in [3.05, 3.63) is 33.7 Å². The number of esters is 1. The van der Waals surface area contributed by atoms with Crippen LogP contribution in [-0.2, 0) is 9.53 Å². The molecule has 1 fully saturated rings. The van der Waals surface area contributed by atoms with Crippen molar-refractivity contribution in [2.24, 2.45) is 0 Å². The lowest BCUT2D eigenvalue weighted by Crippen LogP contribution is -2.48. The smallest absolute Gasteiger partial charge is 0.338 e. The number of rotatable bonds is 5. The standard InChI is InChI=1S/C18H25N3O3S/c1-2-24-17(22)15-13(12-21-9-5-3-4-6-10-21)19-18(23)20-16(15)14-8-7-11-25-14/h7-8,11,16H,2-6,9-10,12H2,1H3,(H2,19,20,23)/t16-/m0/s1. The van der Waals surface area contributed by atoms with Gasteiger partial charge in [-0.2, -0.15) is 0 Å². The second kappa shape index (κ2) is 8.49.